The average Bonchev–Trinajstić information content (AvgIpc) is 2.68. The molecule has 0 unspecified atom stereocenters. The van der Waals surface area contributed by atoms with Gasteiger partial charge in [0, 0.05) is 24.8 Å². The zero-order valence-electron chi connectivity index (χ0n) is 16.3. The van der Waals surface area contributed by atoms with Crippen molar-refractivity contribution in [3.8, 4) is 11.5 Å². The first-order valence-electron chi connectivity index (χ1n) is 9.14. The van der Waals surface area contributed by atoms with Crippen molar-refractivity contribution in [2.75, 3.05) is 32.6 Å². The van der Waals surface area contributed by atoms with Gasteiger partial charge in [0.15, 0.2) is 0 Å². The number of anilines is 2. The fourth-order valence-electron chi connectivity index (χ4n) is 3.13. The number of benzene rings is 1. The molecule has 7 heteroatoms. The van der Waals surface area contributed by atoms with Crippen LogP contribution in [0.3, 0.4) is 0 Å². The molecule has 1 N–H and O–H groups in total. The Hall–Kier alpha value is -2.83. The number of aryl methyl sites for hydroxylation is 1. The third kappa shape index (κ3) is 4.48. The number of hydrogen-bond acceptors (Lipinski definition) is 6. The Morgan fingerprint density at radius 1 is 1.15 bits per heavy atom. The monoisotopic (exact) mass is 370 g/mol. The summed E-state index contributed by atoms with van der Waals surface area (Å²) in [5, 5.41) is 3.15. The molecule has 0 bridgehead atoms. The number of carbonyl (C=O) groups is 1. The lowest BCUT2D eigenvalue weighted by Gasteiger charge is -2.30. The number of hydrogen-bond donors (Lipinski definition) is 1. The maximum Gasteiger partial charge on any atom is 0.272 e. The van der Waals surface area contributed by atoms with Gasteiger partial charge in [0.2, 0.25) is 5.95 Å². The number of nitrogens with zero attached hydrogens (tertiary/aromatic N) is 3. The standard InChI is InChI=1S/C20H26N4O3/c1-13-7-9-24(10-8-13)19(25)17-11-14(2)21-20(23-17)22-16-6-5-15(26-3)12-18(16)27-4/h5-6,11-13H,7-10H2,1-4H3,(H,21,22,23). The van der Waals surface area contributed by atoms with E-state index in [0.29, 0.717) is 34.7 Å². The van der Waals surface area contributed by atoms with Crippen LogP contribution in [0.4, 0.5) is 11.6 Å². The fraction of sp³-hybridized carbons (Fsp3) is 0.450. The topological polar surface area (TPSA) is 76.6 Å². The number of likely N-dealkylation sites (tertiary alicyclic amines) is 1. The van der Waals surface area contributed by atoms with Crippen molar-refractivity contribution in [3.63, 3.8) is 0 Å². The molecule has 2 aromatic rings. The average molecular weight is 370 g/mol. The highest BCUT2D eigenvalue weighted by Crippen LogP contribution is 2.30. The SMILES string of the molecule is COc1ccc(Nc2nc(C)cc(C(=O)N3CCC(C)CC3)n2)c(OC)c1. The van der Waals surface area contributed by atoms with Gasteiger partial charge < -0.3 is 19.7 Å². The summed E-state index contributed by atoms with van der Waals surface area (Å²) < 4.78 is 10.6. The predicted molar refractivity (Wildman–Crippen MR) is 104 cm³/mol. The van der Waals surface area contributed by atoms with Gasteiger partial charge in [-0.1, -0.05) is 6.92 Å². The molecule has 0 aliphatic carbocycles. The van der Waals surface area contributed by atoms with Crippen LogP contribution in [0.15, 0.2) is 24.3 Å². The van der Waals surface area contributed by atoms with Crippen molar-refractivity contribution in [2.24, 2.45) is 5.92 Å². The van der Waals surface area contributed by atoms with Crippen molar-refractivity contribution in [1.29, 1.82) is 0 Å². The number of amides is 1. The van der Waals surface area contributed by atoms with Gasteiger partial charge in [0.05, 0.1) is 19.9 Å². The number of aromatic nitrogens is 2. The molecular weight excluding hydrogens is 344 g/mol. The second-order valence-corrected chi connectivity index (χ2v) is 6.88. The second-order valence-electron chi connectivity index (χ2n) is 6.88. The molecule has 0 radical (unpaired) electrons. The Kier molecular flexibility index (Phi) is 5.78. The van der Waals surface area contributed by atoms with Crippen molar-refractivity contribution >= 4 is 17.5 Å². The molecule has 1 saturated heterocycles. The molecule has 27 heavy (non-hydrogen) atoms. The molecule has 1 aliphatic rings. The molecule has 1 aromatic carbocycles. The Morgan fingerprint density at radius 2 is 1.89 bits per heavy atom. The van der Waals surface area contributed by atoms with Crippen molar-refractivity contribution in [1.82, 2.24) is 14.9 Å². The van der Waals surface area contributed by atoms with E-state index in [9.17, 15) is 4.79 Å². The molecule has 1 aliphatic heterocycles. The zero-order chi connectivity index (χ0) is 19.4. The lowest BCUT2D eigenvalue weighted by Crippen LogP contribution is -2.38. The molecule has 0 saturated carbocycles. The Morgan fingerprint density at radius 3 is 2.56 bits per heavy atom. The summed E-state index contributed by atoms with van der Waals surface area (Å²) in [6, 6.07) is 7.16. The first kappa shape index (κ1) is 18.9. The van der Waals surface area contributed by atoms with Crippen LogP contribution >= 0.6 is 0 Å². The Bertz CT molecular complexity index is 817. The predicted octanol–water partition coefficient (Wildman–Crippen LogP) is 3.42. The lowest BCUT2D eigenvalue weighted by atomic mass is 9.99. The molecule has 7 nitrogen and oxygen atoms in total. The van der Waals surface area contributed by atoms with E-state index in [1.807, 2.05) is 24.0 Å². The summed E-state index contributed by atoms with van der Waals surface area (Å²) in [6.45, 7) is 5.63. The highest BCUT2D eigenvalue weighted by Gasteiger charge is 2.23. The summed E-state index contributed by atoms with van der Waals surface area (Å²) in [7, 11) is 3.19. The van der Waals surface area contributed by atoms with E-state index in [1.54, 1.807) is 26.4 Å². The fourth-order valence-corrected chi connectivity index (χ4v) is 3.13. The summed E-state index contributed by atoms with van der Waals surface area (Å²) >= 11 is 0. The normalized spacial score (nSPS) is 14.7. The van der Waals surface area contributed by atoms with Crippen LogP contribution in [0.25, 0.3) is 0 Å². The van der Waals surface area contributed by atoms with Gasteiger partial charge >= 0.3 is 0 Å². The van der Waals surface area contributed by atoms with E-state index in [-0.39, 0.29) is 5.91 Å². The minimum Gasteiger partial charge on any atom is -0.497 e. The first-order valence-corrected chi connectivity index (χ1v) is 9.14. The van der Waals surface area contributed by atoms with E-state index in [1.165, 1.54) is 0 Å². The summed E-state index contributed by atoms with van der Waals surface area (Å²) in [6.07, 6.45) is 2.06. The molecule has 144 valence electrons. The van der Waals surface area contributed by atoms with Gasteiger partial charge in [-0.25, -0.2) is 9.97 Å². The van der Waals surface area contributed by atoms with Gasteiger partial charge in [-0.3, -0.25) is 4.79 Å². The number of nitrogens with one attached hydrogen (secondary N) is 1. The van der Waals surface area contributed by atoms with Crippen molar-refractivity contribution < 1.29 is 14.3 Å². The summed E-state index contributed by atoms with van der Waals surface area (Å²) in [4.78, 5) is 23.6. The molecule has 0 spiro atoms. The number of rotatable bonds is 5. The van der Waals surface area contributed by atoms with Crippen LogP contribution in [0.2, 0.25) is 0 Å². The maximum absolute atomic E-state index is 12.8. The Labute approximate surface area is 159 Å². The largest absolute Gasteiger partial charge is 0.497 e. The highest BCUT2D eigenvalue weighted by molar-refractivity contribution is 5.92. The maximum atomic E-state index is 12.8. The smallest absolute Gasteiger partial charge is 0.272 e. The van der Waals surface area contributed by atoms with Crippen LogP contribution in [-0.4, -0.2) is 48.1 Å². The number of ether oxygens (including phenoxy) is 2. The molecular formula is C20H26N4O3. The van der Waals surface area contributed by atoms with Crippen LogP contribution in [0.5, 0.6) is 11.5 Å². The van der Waals surface area contributed by atoms with Crippen LogP contribution in [0, 0.1) is 12.8 Å². The summed E-state index contributed by atoms with van der Waals surface area (Å²) in [5.41, 5.74) is 1.84. The molecule has 1 aromatic heterocycles. The highest BCUT2D eigenvalue weighted by atomic mass is 16.5. The molecule has 0 atom stereocenters. The molecule has 1 amide bonds. The van der Waals surface area contributed by atoms with Gasteiger partial charge in [-0.2, -0.15) is 0 Å². The van der Waals surface area contributed by atoms with Gasteiger partial charge in [-0.05, 0) is 43.9 Å². The molecule has 1 fully saturated rings. The minimum absolute atomic E-state index is 0.0443. The number of piperidine rings is 1. The Balaban J connectivity index is 1.82. The number of carbonyl (C=O) groups excluding carboxylic acids is 1. The van der Waals surface area contributed by atoms with E-state index >= 15 is 0 Å². The van der Waals surface area contributed by atoms with Gasteiger partial charge in [-0.15, -0.1) is 0 Å². The van der Waals surface area contributed by atoms with Gasteiger partial charge in [0.25, 0.3) is 5.91 Å². The summed E-state index contributed by atoms with van der Waals surface area (Å²) in [5.74, 6) is 2.29. The minimum atomic E-state index is -0.0443. The van der Waals surface area contributed by atoms with Crippen molar-refractivity contribution in [2.45, 2.75) is 26.7 Å². The van der Waals surface area contributed by atoms with E-state index in [2.05, 4.69) is 22.2 Å². The number of methoxy groups -OCH3 is 2. The quantitative estimate of drug-likeness (QED) is 0.869. The van der Waals surface area contributed by atoms with Gasteiger partial charge in [0.1, 0.15) is 17.2 Å². The van der Waals surface area contributed by atoms with E-state index in [0.717, 1.165) is 31.6 Å². The van der Waals surface area contributed by atoms with Crippen LogP contribution in [-0.2, 0) is 0 Å². The van der Waals surface area contributed by atoms with E-state index in [4.69, 9.17) is 9.47 Å². The van der Waals surface area contributed by atoms with Crippen molar-refractivity contribution in [3.05, 3.63) is 35.7 Å². The molecule has 3 rings (SSSR count). The molecule has 2 heterocycles. The third-order valence-corrected chi connectivity index (χ3v) is 4.80. The zero-order valence-corrected chi connectivity index (χ0v) is 16.3. The van der Waals surface area contributed by atoms with Crippen LogP contribution in [0.1, 0.15) is 35.9 Å². The lowest BCUT2D eigenvalue weighted by molar-refractivity contribution is 0.0691. The second kappa shape index (κ2) is 8.24. The first-order chi connectivity index (χ1) is 13.0. The van der Waals surface area contributed by atoms with E-state index < -0.39 is 0 Å². The van der Waals surface area contributed by atoms with Crippen LogP contribution < -0.4 is 14.8 Å². The third-order valence-electron chi connectivity index (χ3n) is 4.80.